The monoisotopic (exact) mass is 306 g/mol. The second kappa shape index (κ2) is 7.14. The molecule has 3 rings (SSSR count). The van der Waals surface area contributed by atoms with Crippen molar-refractivity contribution in [2.75, 3.05) is 24.5 Å². The molecule has 1 aliphatic rings. The normalized spacial score (nSPS) is 13.8. The maximum Gasteiger partial charge on any atom is 0.246 e. The van der Waals surface area contributed by atoms with Crippen molar-refractivity contribution in [1.82, 2.24) is 5.32 Å². The highest BCUT2D eigenvalue weighted by Crippen LogP contribution is 2.26. The highest BCUT2D eigenvalue weighted by atomic mass is 16.1. The molecule has 0 saturated heterocycles. The predicted octanol–water partition coefficient (Wildman–Crippen LogP) is 3.27. The van der Waals surface area contributed by atoms with E-state index in [1.807, 2.05) is 43.3 Å². The van der Waals surface area contributed by atoms with Crippen molar-refractivity contribution in [1.29, 1.82) is 0 Å². The van der Waals surface area contributed by atoms with Crippen molar-refractivity contribution in [3.63, 3.8) is 0 Å². The van der Waals surface area contributed by atoms with Gasteiger partial charge in [0.05, 0.1) is 0 Å². The van der Waals surface area contributed by atoms with Gasteiger partial charge < -0.3 is 10.2 Å². The molecule has 0 aliphatic carbocycles. The van der Waals surface area contributed by atoms with Crippen LogP contribution in [-0.2, 0) is 11.2 Å². The van der Waals surface area contributed by atoms with Crippen molar-refractivity contribution in [2.45, 2.75) is 13.3 Å². The quantitative estimate of drug-likeness (QED) is 0.860. The number of para-hydroxylation sites is 1. The fraction of sp³-hybridized carbons (Fsp3) is 0.250. The molecule has 1 amide bonds. The molecule has 3 heteroatoms. The lowest BCUT2D eigenvalue weighted by atomic mass is 10.1. The van der Waals surface area contributed by atoms with Crippen LogP contribution in [0.4, 0.5) is 5.69 Å². The number of amides is 1. The first-order valence-electron chi connectivity index (χ1n) is 8.08. The maximum atomic E-state index is 12.2. The molecule has 1 N–H and O–H groups in total. The Balaban J connectivity index is 1.51. The summed E-state index contributed by atoms with van der Waals surface area (Å²) in [6.07, 6.45) is 3.01. The molecule has 1 aliphatic heterocycles. The average Bonchev–Trinajstić information content (AvgIpc) is 2.99. The van der Waals surface area contributed by atoms with Gasteiger partial charge >= 0.3 is 0 Å². The number of hydrogen-bond donors (Lipinski definition) is 1. The highest BCUT2D eigenvalue weighted by Gasteiger charge is 2.17. The van der Waals surface area contributed by atoms with Crippen molar-refractivity contribution in [3.8, 4) is 0 Å². The summed E-state index contributed by atoms with van der Waals surface area (Å²) in [5, 5.41) is 3.01. The average molecular weight is 306 g/mol. The number of nitrogens with one attached hydrogen (secondary N) is 1. The first-order chi connectivity index (χ1) is 11.2. The summed E-state index contributed by atoms with van der Waals surface area (Å²) < 4.78 is 0. The van der Waals surface area contributed by atoms with E-state index in [9.17, 15) is 4.79 Å². The fourth-order valence-corrected chi connectivity index (χ4v) is 2.95. The summed E-state index contributed by atoms with van der Waals surface area (Å²) in [4.78, 5) is 14.5. The molecule has 0 bridgehead atoms. The minimum atomic E-state index is 0.00124. The number of fused-ring (bicyclic) bond motifs is 1. The Morgan fingerprint density at radius 1 is 1.13 bits per heavy atom. The maximum absolute atomic E-state index is 12.2. The van der Waals surface area contributed by atoms with Crippen LogP contribution in [0, 0.1) is 0 Å². The van der Waals surface area contributed by atoms with Crippen LogP contribution in [0.5, 0.6) is 0 Å². The number of nitrogens with zero attached hydrogens (tertiary/aromatic N) is 1. The Bertz CT molecular complexity index is 707. The molecule has 23 heavy (non-hydrogen) atoms. The molecule has 1 heterocycles. The van der Waals surface area contributed by atoms with Crippen LogP contribution < -0.4 is 10.2 Å². The number of anilines is 1. The summed E-state index contributed by atoms with van der Waals surface area (Å²) in [6.45, 7) is 4.40. The van der Waals surface area contributed by atoms with Gasteiger partial charge in [-0.05, 0) is 36.6 Å². The zero-order valence-corrected chi connectivity index (χ0v) is 13.5. The second-order valence-corrected chi connectivity index (χ2v) is 5.86. The lowest BCUT2D eigenvalue weighted by Gasteiger charge is -2.19. The lowest BCUT2D eigenvalue weighted by molar-refractivity contribution is -0.117. The number of carbonyl (C=O) groups is 1. The number of carbonyl (C=O) groups excluding carboxylic acids is 1. The standard InChI is InChI=1S/C20H22N2O/c1-16(15-17-7-3-2-4-8-17)20(23)21-12-14-22-13-11-18-9-5-6-10-19(18)22/h2-10,15H,11-14H2,1H3,(H,21,23)/b16-15+. The zero-order valence-electron chi connectivity index (χ0n) is 13.5. The van der Waals surface area contributed by atoms with E-state index in [0.717, 1.165) is 30.6 Å². The molecular weight excluding hydrogens is 284 g/mol. The van der Waals surface area contributed by atoms with Crippen molar-refractivity contribution >= 4 is 17.7 Å². The summed E-state index contributed by atoms with van der Waals surface area (Å²) in [5.41, 5.74) is 4.49. The van der Waals surface area contributed by atoms with E-state index >= 15 is 0 Å². The third-order valence-corrected chi connectivity index (χ3v) is 4.19. The fourth-order valence-electron chi connectivity index (χ4n) is 2.95. The van der Waals surface area contributed by atoms with Crippen LogP contribution >= 0.6 is 0 Å². The van der Waals surface area contributed by atoms with Crippen LogP contribution in [0.3, 0.4) is 0 Å². The van der Waals surface area contributed by atoms with E-state index in [1.54, 1.807) is 0 Å². The van der Waals surface area contributed by atoms with Gasteiger partial charge in [-0.15, -0.1) is 0 Å². The summed E-state index contributed by atoms with van der Waals surface area (Å²) in [7, 11) is 0. The van der Waals surface area contributed by atoms with Gasteiger partial charge in [-0.25, -0.2) is 0 Å². The minimum absolute atomic E-state index is 0.00124. The van der Waals surface area contributed by atoms with Gasteiger partial charge in [-0.2, -0.15) is 0 Å². The van der Waals surface area contributed by atoms with Gasteiger partial charge in [-0.1, -0.05) is 48.5 Å². The first-order valence-corrected chi connectivity index (χ1v) is 8.08. The molecular formula is C20H22N2O. The van der Waals surface area contributed by atoms with E-state index in [4.69, 9.17) is 0 Å². The van der Waals surface area contributed by atoms with Gasteiger partial charge in [0, 0.05) is 30.9 Å². The van der Waals surface area contributed by atoms with Crippen LogP contribution in [0.1, 0.15) is 18.1 Å². The smallest absolute Gasteiger partial charge is 0.246 e. The third-order valence-electron chi connectivity index (χ3n) is 4.19. The summed E-state index contributed by atoms with van der Waals surface area (Å²) in [5.74, 6) is 0.00124. The van der Waals surface area contributed by atoms with Crippen LogP contribution in [0.25, 0.3) is 6.08 Å². The Morgan fingerprint density at radius 2 is 1.87 bits per heavy atom. The van der Waals surface area contributed by atoms with Gasteiger partial charge in [0.15, 0.2) is 0 Å². The molecule has 0 atom stereocenters. The van der Waals surface area contributed by atoms with Crippen molar-refractivity contribution < 1.29 is 4.79 Å². The zero-order chi connectivity index (χ0) is 16.1. The van der Waals surface area contributed by atoms with E-state index in [1.165, 1.54) is 11.3 Å². The van der Waals surface area contributed by atoms with E-state index in [0.29, 0.717) is 6.54 Å². The van der Waals surface area contributed by atoms with Gasteiger partial charge in [0.2, 0.25) is 5.91 Å². The van der Waals surface area contributed by atoms with E-state index < -0.39 is 0 Å². The Hall–Kier alpha value is -2.55. The minimum Gasteiger partial charge on any atom is -0.369 e. The molecule has 118 valence electrons. The number of rotatable bonds is 5. The Morgan fingerprint density at radius 3 is 2.70 bits per heavy atom. The van der Waals surface area contributed by atoms with Crippen LogP contribution in [-0.4, -0.2) is 25.5 Å². The lowest BCUT2D eigenvalue weighted by Crippen LogP contribution is -2.34. The summed E-state index contributed by atoms with van der Waals surface area (Å²) >= 11 is 0. The Labute approximate surface area is 137 Å². The molecule has 2 aromatic rings. The third kappa shape index (κ3) is 3.81. The van der Waals surface area contributed by atoms with E-state index in [-0.39, 0.29) is 5.91 Å². The molecule has 0 aromatic heterocycles. The SMILES string of the molecule is C/C(=C\c1ccccc1)C(=O)NCCN1CCc2ccccc21. The van der Waals surface area contributed by atoms with Crippen LogP contribution in [0.2, 0.25) is 0 Å². The van der Waals surface area contributed by atoms with E-state index in [2.05, 4.69) is 34.5 Å². The molecule has 0 spiro atoms. The van der Waals surface area contributed by atoms with Crippen molar-refractivity contribution in [2.24, 2.45) is 0 Å². The highest BCUT2D eigenvalue weighted by molar-refractivity contribution is 5.97. The largest absolute Gasteiger partial charge is 0.369 e. The molecule has 0 saturated carbocycles. The Kier molecular flexibility index (Phi) is 4.77. The molecule has 2 aromatic carbocycles. The van der Waals surface area contributed by atoms with Gasteiger partial charge in [0.25, 0.3) is 0 Å². The van der Waals surface area contributed by atoms with Gasteiger partial charge in [0.1, 0.15) is 0 Å². The first kappa shape index (κ1) is 15.3. The van der Waals surface area contributed by atoms with Crippen molar-refractivity contribution in [3.05, 3.63) is 71.3 Å². The topological polar surface area (TPSA) is 32.3 Å². The van der Waals surface area contributed by atoms with Gasteiger partial charge in [-0.3, -0.25) is 4.79 Å². The predicted molar refractivity (Wildman–Crippen MR) is 95.5 cm³/mol. The number of benzene rings is 2. The summed E-state index contributed by atoms with van der Waals surface area (Å²) in [6, 6.07) is 18.4. The number of hydrogen-bond acceptors (Lipinski definition) is 2. The molecule has 0 fully saturated rings. The molecule has 3 nitrogen and oxygen atoms in total. The second-order valence-electron chi connectivity index (χ2n) is 5.86. The molecule has 0 unspecified atom stereocenters. The van der Waals surface area contributed by atoms with Crippen LogP contribution in [0.15, 0.2) is 60.2 Å². The molecule has 0 radical (unpaired) electrons.